The molecule has 1 aromatic rings. The van der Waals surface area contributed by atoms with E-state index in [1.54, 1.807) is 18.2 Å². The predicted octanol–water partition coefficient (Wildman–Crippen LogP) is 1.48. The summed E-state index contributed by atoms with van der Waals surface area (Å²) in [4.78, 5) is 11.4. The van der Waals surface area contributed by atoms with Gasteiger partial charge in [-0.25, -0.2) is 0 Å². The lowest BCUT2D eigenvalue weighted by Gasteiger charge is -2.02. The topological polar surface area (TPSA) is 58.6 Å². The van der Waals surface area contributed by atoms with Crippen molar-refractivity contribution in [1.29, 1.82) is 0 Å². The maximum Gasteiger partial charge on any atom is 0.244 e. The van der Waals surface area contributed by atoms with Crippen LogP contribution in [0.3, 0.4) is 0 Å². The molecule has 0 aromatic heterocycles. The number of ether oxygens (including phenoxy) is 1. The fraction of sp³-hybridized carbons (Fsp3) is 0.308. The van der Waals surface area contributed by atoms with Crippen molar-refractivity contribution in [3.8, 4) is 0 Å². The Labute approximate surface area is 111 Å². The fourth-order valence-electron chi connectivity index (χ4n) is 1.25. The van der Waals surface area contributed by atoms with Crippen molar-refractivity contribution in [2.75, 3.05) is 26.4 Å². The molecule has 0 aliphatic heterocycles. The standard InChI is InChI=1S/C13H16ClNO3/c14-12-3-1-2-11(10-12)4-5-13(17)15-6-8-18-9-7-16/h1-5,10,16H,6-9H2,(H,15,17)/b5-4+. The lowest BCUT2D eigenvalue weighted by atomic mass is 10.2. The van der Waals surface area contributed by atoms with Crippen LogP contribution in [0.2, 0.25) is 5.02 Å². The van der Waals surface area contributed by atoms with Gasteiger partial charge < -0.3 is 15.2 Å². The molecule has 5 heteroatoms. The first-order valence-corrected chi connectivity index (χ1v) is 6.00. The molecule has 18 heavy (non-hydrogen) atoms. The molecule has 0 fully saturated rings. The first-order chi connectivity index (χ1) is 8.72. The fourth-order valence-corrected chi connectivity index (χ4v) is 1.45. The van der Waals surface area contributed by atoms with Crippen LogP contribution in [0.25, 0.3) is 6.08 Å². The maximum absolute atomic E-state index is 11.4. The molecule has 0 saturated carbocycles. The molecule has 0 unspecified atom stereocenters. The monoisotopic (exact) mass is 269 g/mol. The van der Waals surface area contributed by atoms with Crippen molar-refractivity contribution >= 4 is 23.6 Å². The second kappa shape index (κ2) is 8.69. The Morgan fingerprint density at radius 1 is 1.44 bits per heavy atom. The van der Waals surface area contributed by atoms with Crippen LogP contribution in [0, 0.1) is 0 Å². The largest absolute Gasteiger partial charge is 0.394 e. The highest BCUT2D eigenvalue weighted by molar-refractivity contribution is 6.30. The number of carbonyl (C=O) groups excluding carboxylic acids is 1. The van der Waals surface area contributed by atoms with E-state index in [9.17, 15) is 4.79 Å². The second-order valence-electron chi connectivity index (χ2n) is 3.52. The van der Waals surface area contributed by atoms with Crippen LogP contribution in [-0.4, -0.2) is 37.4 Å². The minimum Gasteiger partial charge on any atom is -0.394 e. The van der Waals surface area contributed by atoms with Crippen LogP contribution in [0.15, 0.2) is 30.3 Å². The van der Waals surface area contributed by atoms with E-state index in [4.69, 9.17) is 21.4 Å². The summed E-state index contributed by atoms with van der Waals surface area (Å²) in [5, 5.41) is 11.8. The first kappa shape index (κ1) is 14.7. The number of carbonyl (C=O) groups is 1. The third kappa shape index (κ3) is 6.39. The van der Waals surface area contributed by atoms with Gasteiger partial charge in [0.15, 0.2) is 0 Å². The van der Waals surface area contributed by atoms with Crippen LogP contribution in [0.1, 0.15) is 5.56 Å². The summed E-state index contributed by atoms with van der Waals surface area (Å²) in [5.74, 6) is -0.192. The van der Waals surface area contributed by atoms with Gasteiger partial charge in [-0.2, -0.15) is 0 Å². The summed E-state index contributed by atoms with van der Waals surface area (Å²) in [6, 6.07) is 7.23. The molecular formula is C13H16ClNO3. The van der Waals surface area contributed by atoms with Gasteiger partial charge in [0, 0.05) is 17.6 Å². The number of aliphatic hydroxyl groups is 1. The van der Waals surface area contributed by atoms with Crippen LogP contribution in [0.4, 0.5) is 0 Å². The van der Waals surface area contributed by atoms with Crippen LogP contribution in [0.5, 0.6) is 0 Å². The first-order valence-electron chi connectivity index (χ1n) is 5.62. The lowest BCUT2D eigenvalue weighted by Crippen LogP contribution is -2.25. The number of nitrogens with one attached hydrogen (secondary N) is 1. The summed E-state index contributed by atoms with van der Waals surface area (Å²) < 4.78 is 5.01. The molecule has 4 nitrogen and oxygen atoms in total. The molecule has 0 heterocycles. The number of hydrogen-bond acceptors (Lipinski definition) is 3. The van der Waals surface area contributed by atoms with Gasteiger partial charge in [-0.15, -0.1) is 0 Å². The van der Waals surface area contributed by atoms with Crippen molar-refractivity contribution in [3.63, 3.8) is 0 Å². The van der Waals surface area contributed by atoms with Crippen LogP contribution >= 0.6 is 11.6 Å². The number of aliphatic hydroxyl groups excluding tert-OH is 1. The molecule has 0 aliphatic rings. The second-order valence-corrected chi connectivity index (χ2v) is 3.95. The molecule has 2 N–H and O–H groups in total. The van der Waals surface area contributed by atoms with E-state index < -0.39 is 0 Å². The van der Waals surface area contributed by atoms with Gasteiger partial charge in [-0.1, -0.05) is 23.7 Å². The zero-order valence-electron chi connectivity index (χ0n) is 9.93. The minimum atomic E-state index is -0.192. The molecule has 0 aliphatic carbocycles. The molecule has 1 amide bonds. The summed E-state index contributed by atoms with van der Waals surface area (Å²) in [6.07, 6.45) is 3.13. The van der Waals surface area contributed by atoms with Crippen molar-refractivity contribution in [1.82, 2.24) is 5.32 Å². The van der Waals surface area contributed by atoms with Gasteiger partial charge in [-0.05, 0) is 23.8 Å². The third-order valence-electron chi connectivity index (χ3n) is 2.06. The van der Waals surface area contributed by atoms with Crippen molar-refractivity contribution in [2.45, 2.75) is 0 Å². The number of halogens is 1. The smallest absolute Gasteiger partial charge is 0.244 e. The van der Waals surface area contributed by atoms with E-state index in [2.05, 4.69) is 5.32 Å². The summed E-state index contributed by atoms with van der Waals surface area (Å²) >= 11 is 5.82. The quantitative estimate of drug-likeness (QED) is 0.582. The van der Waals surface area contributed by atoms with E-state index in [0.717, 1.165) is 5.56 Å². The Morgan fingerprint density at radius 3 is 3.00 bits per heavy atom. The highest BCUT2D eigenvalue weighted by Gasteiger charge is 1.95. The van der Waals surface area contributed by atoms with Crippen molar-refractivity contribution < 1.29 is 14.6 Å². The molecule has 98 valence electrons. The molecule has 1 rings (SSSR count). The van der Waals surface area contributed by atoms with Gasteiger partial charge in [-0.3, -0.25) is 4.79 Å². The van der Waals surface area contributed by atoms with E-state index in [1.165, 1.54) is 6.08 Å². The summed E-state index contributed by atoms with van der Waals surface area (Å²) in [7, 11) is 0. The highest BCUT2D eigenvalue weighted by Crippen LogP contribution is 2.11. The lowest BCUT2D eigenvalue weighted by molar-refractivity contribution is -0.116. The third-order valence-corrected chi connectivity index (χ3v) is 2.29. The van der Waals surface area contributed by atoms with E-state index >= 15 is 0 Å². The molecule has 1 aromatic carbocycles. The Balaban J connectivity index is 2.27. The zero-order valence-corrected chi connectivity index (χ0v) is 10.7. The number of rotatable bonds is 7. The van der Waals surface area contributed by atoms with Crippen LogP contribution in [-0.2, 0) is 9.53 Å². The van der Waals surface area contributed by atoms with E-state index in [-0.39, 0.29) is 19.1 Å². The molecule has 0 bridgehead atoms. The Kier molecular flexibility index (Phi) is 7.10. The Hall–Kier alpha value is -1.36. The molecule has 0 radical (unpaired) electrons. The molecule has 0 atom stereocenters. The van der Waals surface area contributed by atoms with Crippen molar-refractivity contribution in [2.24, 2.45) is 0 Å². The van der Waals surface area contributed by atoms with E-state index in [1.807, 2.05) is 12.1 Å². The molecular weight excluding hydrogens is 254 g/mol. The molecule has 0 saturated heterocycles. The summed E-state index contributed by atoms with van der Waals surface area (Å²) in [5.41, 5.74) is 0.870. The SMILES string of the molecule is O=C(/C=C/c1cccc(Cl)c1)NCCOCCO. The normalized spacial score (nSPS) is 10.8. The predicted molar refractivity (Wildman–Crippen MR) is 71.4 cm³/mol. The van der Waals surface area contributed by atoms with E-state index in [0.29, 0.717) is 18.2 Å². The van der Waals surface area contributed by atoms with Crippen LogP contribution < -0.4 is 5.32 Å². The highest BCUT2D eigenvalue weighted by atomic mass is 35.5. The number of benzene rings is 1. The number of hydrogen-bond donors (Lipinski definition) is 2. The zero-order chi connectivity index (χ0) is 13.2. The van der Waals surface area contributed by atoms with Gasteiger partial charge in [0.25, 0.3) is 0 Å². The van der Waals surface area contributed by atoms with Gasteiger partial charge in [0.05, 0.1) is 19.8 Å². The Morgan fingerprint density at radius 2 is 2.28 bits per heavy atom. The number of amides is 1. The maximum atomic E-state index is 11.4. The summed E-state index contributed by atoms with van der Waals surface area (Å²) in [6.45, 7) is 1.08. The van der Waals surface area contributed by atoms with Gasteiger partial charge in [0.1, 0.15) is 0 Å². The van der Waals surface area contributed by atoms with Crippen molar-refractivity contribution in [3.05, 3.63) is 40.9 Å². The van der Waals surface area contributed by atoms with Gasteiger partial charge in [0.2, 0.25) is 5.91 Å². The average molecular weight is 270 g/mol. The van der Waals surface area contributed by atoms with Gasteiger partial charge >= 0.3 is 0 Å². The average Bonchev–Trinajstić information content (AvgIpc) is 2.36. The Bertz CT molecular complexity index is 407. The minimum absolute atomic E-state index is 0.0113. The molecule has 0 spiro atoms.